The molecule has 2 rings (SSSR count). The minimum atomic E-state index is -0.905. The van der Waals surface area contributed by atoms with Gasteiger partial charge >= 0.3 is 18.0 Å². The number of hydrogen-bond acceptors (Lipinski definition) is 7. The molecule has 1 saturated heterocycles. The van der Waals surface area contributed by atoms with Crippen LogP contribution in [0.1, 0.15) is 32.8 Å². The molecule has 0 bridgehead atoms. The lowest BCUT2D eigenvalue weighted by atomic mass is 9.96. The second-order valence-corrected chi connectivity index (χ2v) is 7.25. The highest BCUT2D eigenvalue weighted by Gasteiger charge is 2.42. The van der Waals surface area contributed by atoms with Crippen LogP contribution in [0.25, 0.3) is 0 Å². The highest BCUT2D eigenvalue weighted by Crippen LogP contribution is 2.13. The van der Waals surface area contributed by atoms with E-state index in [4.69, 9.17) is 14.2 Å². The van der Waals surface area contributed by atoms with Crippen LogP contribution < -0.4 is 10.6 Å². The second-order valence-electron chi connectivity index (χ2n) is 7.25. The second kappa shape index (κ2) is 9.20. The Morgan fingerprint density at radius 2 is 1.75 bits per heavy atom. The summed E-state index contributed by atoms with van der Waals surface area (Å²) < 4.78 is 14.9. The third kappa shape index (κ3) is 6.90. The number of rotatable bonds is 7. The molecule has 9 nitrogen and oxygen atoms in total. The molecule has 1 aromatic rings. The van der Waals surface area contributed by atoms with Crippen LogP contribution in [0.5, 0.6) is 0 Å². The van der Waals surface area contributed by atoms with Gasteiger partial charge < -0.3 is 24.8 Å². The number of esters is 2. The van der Waals surface area contributed by atoms with E-state index in [1.54, 1.807) is 32.9 Å². The van der Waals surface area contributed by atoms with Gasteiger partial charge in [0, 0.05) is 0 Å². The van der Waals surface area contributed by atoms with Crippen molar-refractivity contribution in [3.8, 4) is 0 Å². The van der Waals surface area contributed by atoms with E-state index in [0.29, 0.717) is 0 Å². The van der Waals surface area contributed by atoms with E-state index in [9.17, 15) is 19.2 Å². The first-order valence-corrected chi connectivity index (χ1v) is 8.79. The van der Waals surface area contributed by atoms with Crippen LogP contribution >= 0.6 is 0 Å². The highest BCUT2D eigenvalue weighted by molar-refractivity contribution is 5.93. The van der Waals surface area contributed by atoms with Gasteiger partial charge in [-0.25, -0.2) is 9.59 Å². The largest absolute Gasteiger partial charge is 0.457 e. The van der Waals surface area contributed by atoms with Crippen molar-refractivity contribution >= 4 is 23.9 Å². The van der Waals surface area contributed by atoms with Gasteiger partial charge in [-0.1, -0.05) is 30.3 Å². The van der Waals surface area contributed by atoms with Crippen molar-refractivity contribution in [1.82, 2.24) is 10.6 Å². The summed E-state index contributed by atoms with van der Waals surface area (Å²) in [6.45, 7) is 4.63. The Hall–Kier alpha value is -3.10. The number of amides is 2. The molecule has 28 heavy (non-hydrogen) atoms. The Bertz CT molecular complexity index is 728. The molecule has 1 fully saturated rings. The molecule has 0 aromatic heterocycles. The highest BCUT2D eigenvalue weighted by atomic mass is 16.6. The molecule has 2 amide bonds. The van der Waals surface area contributed by atoms with Crippen LogP contribution in [0.2, 0.25) is 0 Å². The third-order valence-corrected chi connectivity index (χ3v) is 3.66. The number of hydrogen-bond donors (Lipinski definition) is 2. The van der Waals surface area contributed by atoms with Gasteiger partial charge in [-0.3, -0.25) is 9.59 Å². The molecule has 9 heteroatoms. The predicted molar refractivity (Wildman–Crippen MR) is 96.9 cm³/mol. The van der Waals surface area contributed by atoms with Gasteiger partial charge in [-0.15, -0.1) is 0 Å². The lowest BCUT2D eigenvalue weighted by Crippen LogP contribution is -2.69. The maximum absolute atomic E-state index is 11.9. The molecule has 0 aliphatic carbocycles. The van der Waals surface area contributed by atoms with E-state index in [2.05, 4.69) is 10.6 Å². The SMILES string of the molecule is CC(C)(C)OC(=O)COC(=O)C[C@H]1NC(=O)[C@@H]1NC(=O)OCc1ccccc1. The van der Waals surface area contributed by atoms with E-state index in [1.807, 2.05) is 18.2 Å². The van der Waals surface area contributed by atoms with Crippen molar-refractivity contribution in [3.63, 3.8) is 0 Å². The molecule has 0 saturated carbocycles. The average Bonchev–Trinajstić information content (AvgIpc) is 2.62. The van der Waals surface area contributed by atoms with Crippen LogP contribution in [-0.4, -0.2) is 48.2 Å². The molecular weight excluding hydrogens is 368 g/mol. The number of ether oxygens (including phenoxy) is 3. The van der Waals surface area contributed by atoms with E-state index in [1.165, 1.54) is 0 Å². The zero-order chi connectivity index (χ0) is 20.7. The van der Waals surface area contributed by atoms with Gasteiger partial charge in [0.05, 0.1) is 12.5 Å². The number of nitrogens with one attached hydrogen (secondary N) is 2. The molecule has 2 N–H and O–H groups in total. The van der Waals surface area contributed by atoms with Gasteiger partial charge in [-0.05, 0) is 26.3 Å². The van der Waals surface area contributed by atoms with Crippen LogP contribution in [0.15, 0.2) is 30.3 Å². The monoisotopic (exact) mass is 392 g/mol. The molecule has 0 spiro atoms. The van der Waals surface area contributed by atoms with E-state index < -0.39 is 48.2 Å². The molecule has 2 atom stereocenters. The first-order valence-electron chi connectivity index (χ1n) is 8.79. The summed E-state index contributed by atoms with van der Waals surface area (Å²) >= 11 is 0. The topological polar surface area (TPSA) is 120 Å². The normalized spacial score (nSPS) is 18.3. The fraction of sp³-hybridized carbons (Fsp3) is 0.474. The van der Waals surface area contributed by atoms with Crippen molar-refractivity contribution < 1.29 is 33.4 Å². The first-order chi connectivity index (χ1) is 13.1. The standard InChI is InChI=1S/C19H24N2O7/c1-19(2,3)28-15(23)11-26-14(22)9-13-16(17(24)20-13)21-18(25)27-10-12-7-5-4-6-8-12/h4-8,13,16H,9-11H2,1-3H3,(H,20,24)(H,21,25)/t13-,16-/m1/s1. The Morgan fingerprint density at radius 3 is 2.36 bits per heavy atom. The quantitative estimate of drug-likeness (QED) is 0.404. The van der Waals surface area contributed by atoms with Gasteiger partial charge in [0.2, 0.25) is 5.91 Å². The third-order valence-electron chi connectivity index (χ3n) is 3.66. The van der Waals surface area contributed by atoms with E-state index >= 15 is 0 Å². The Kier molecular flexibility index (Phi) is 6.97. The number of alkyl carbamates (subject to hydrolysis) is 1. The molecular formula is C19H24N2O7. The summed E-state index contributed by atoms with van der Waals surface area (Å²) in [7, 11) is 0. The Morgan fingerprint density at radius 1 is 1.07 bits per heavy atom. The van der Waals surface area contributed by atoms with Crippen LogP contribution in [0.4, 0.5) is 4.79 Å². The van der Waals surface area contributed by atoms with E-state index in [0.717, 1.165) is 5.56 Å². The van der Waals surface area contributed by atoms with Gasteiger partial charge in [0.15, 0.2) is 6.61 Å². The van der Waals surface area contributed by atoms with Crippen LogP contribution in [-0.2, 0) is 35.2 Å². The minimum Gasteiger partial charge on any atom is -0.457 e. The molecule has 1 heterocycles. The number of β-lactam (4-membered cyclic amide) rings is 1. The zero-order valence-corrected chi connectivity index (χ0v) is 16.0. The first kappa shape index (κ1) is 21.2. The summed E-state index contributed by atoms with van der Waals surface area (Å²) in [5.41, 5.74) is 0.124. The van der Waals surface area contributed by atoms with Crippen molar-refractivity contribution in [2.45, 2.75) is 51.5 Å². The maximum Gasteiger partial charge on any atom is 0.408 e. The summed E-state index contributed by atoms with van der Waals surface area (Å²) in [6.07, 6.45) is -0.964. The molecule has 1 aliphatic rings. The molecule has 152 valence electrons. The Labute approximate surface area is 162 Å². The smallest absolute Gasteiger partial charge is 0.408 e. The lowest BCUT2D eigenvalue weighted by molar-refractivity contribution is -0.167. The van der Waals surface area contributed by atoms with Gasteiger partial charge in [-0.2, -0.15) is 0 Å². The zero-order valence-electron chi connectivity index (χ0n) is 16.0. The Balaban J connectivity index is 1.72. The van der Waals surface area contributed by atoms with Crippen molar-refractivity contribution in [2.75, 3.05) is 6.61 Å². The number of carbonyl (C=O) groups excluding carboxylic acids is 4. The summed E-state index contributed by atoms with van der Waals surface area (Å²) in [4.78, 5) is 46.9. The van der Waals surface area contributed by atoms with Crippen molar-refractivity contribution in [1.29, 1.82) is 0 Å². The maximum atomic E-state index is 11.9. The summed E-state index contributed by atoms with van der Waals surface area (Å²) in [5, 5.41) is 4.92. The van der Waals surface area contributed by atoms with Gasteiger partial charge in [0.25, 0.3) is 0 Å². The molecule has 1 aromatic carbocycles. The molecule has 1 aliphatic heterocycles. The number of carbonyl (C=O) groups is 4. The minimum absolute atomic E-state index is 0.0591. The van der Waals surface area contributed by atoms with Crippen molar-refractivity contribution in [3.05, 3.63) is 35.9 Å². The summed E-state index contributed by atoms with van der Waals surface area (Å²) in [6, 6.07) is 7.53. The van der Waals surface area contributed by atoms with E-state index in [-0.39, 0.29) is 13.0 Å². The van der Waals surface area contributed by atoms with Crippen LogP contribution in [0.3, 0.4) is 0 Å². The predicted octanol–water partition coefficient (Wildman–Crippen LogP) is 1.05. The molecule has 0 radical (unpaired) electrons. The fourth-order valence-corrected chi connectivity index (χ4v) is 2.42. The number of benzene rings is 1. The van der Waals surface area contributed by atoms with Crippen LogP contribution in [0, 0.1) is 0 Å². The summed E-state index contributed by atoms with van der Waals surface area (Å²) in [5.74, 6) is -1.79. The molecule has 0 unspecified atom stereocenters. The fourth-order valence-electron chi connectivity index (χ4n) is 2.42. The average molecular weight is 392 g/mol. The van der Waals surface area contributed by atoms with Crippen molar-refractivity contribution in [2.24, 2.45) is 0 Å². The van der Waals surface area contributed by atoms with Gasteiger partial charge in [0.1, 0.15) is 18.2 Å². The lowest BCUT2D eigenvalue weighted by Gasteiger charge is -2.36.